The number of aliphatic carboxylic acids is 3. The number of imide groups is 1. The molecule has 0 bridgehead atoms. The number of carbonyl (C=O) groups is 6. The van der Waals surface area contributed by atoms with Crippen LogP contribution in [0.1, 0.15) is 12.8 Å². The van der Waals surface area contributed by atoms with E-state index in [2.05, 4.69) is 37.2 Å². The predicted octanol–water partition coefficient (Wildman–Crippen LogP) is -1.27. The number of unbranched alkanes of at least 4 members (excludes halogenated alkanes) is 1. The van der Waals surface area contributed by atoms with Crippen molar-refractivity contribution in [2.24, 2.45) is 0 Å². The van der Waals surface area contributed by atoms with Crippen LogP contribution < -0.4 is 5.32 Å². The van der Waals surface area contributed by atoms with Gasteiger partial charge in [0.25, 0.3) is 11.8 Å². The van der Waals surface area contributed by atoms with Crippen LogP contribution in [-0.4, -0.2) is 167 Å². The van der Waals surface area contributed by atoms with Crippen LogP contribution in [0.25, 0.3) is 0 Å². The van der Waals surface area contributed by atoms with Gasteiger partial charge in [-0.25, -0.2) is 0 Å². The molecule has 2 heterocycles. The van der Waals surface area contributed by atoms with Crippen molar-refractivity contribution < 1.29 is 44.1 Å². The molecule has 0 spiro atoms. The summed E-state index contributed by atoms with van der Waals surface area (Å²) < 4.78 is 0.367. The molecular formula is C24H36Br2N6O9. The number of hydrogen-bond donors (Lipinski definition) is 4. The Morgan fingerprint density at radius 2 is 0.951 bits per heavy atom. The molecule has 0 unspecified atom stereocenters. The molecule has 4 N–H and O–H groups in total. The van der Waals surface area contributed by atoms with E-state index in [1.165, 1.54) is 0 Å². The average molecular weight is 712 g/mol. The fourth-order valence-corrected chi connectivity index (χ4v) is 5.15. The molecule has 0 aromatic carbocycles. The summed E-state index contributed by atoms with van der Waals surface area (Å²) in [6, 6.07) is 0. The Morgan fingerprint density at radius 1 is 0.610 bits per heavy atom. The first-order chi connectivity index (χ1) is 19.4. The van der Waals surface area contributed by atoms with Crippen LogP contribution in [0.15, 0.2) is 8.96 Å². The maximum absolute atomic E-state index is 12.7. The molecule has 3 amide bonds. The van der Waals surface area contributed by atoms with Gasteiger partial charge in [0.15, 0.2) is 0 Å². The zero-order valence-electron chi connectivity index (χ0n) is 22.6. The molecule has 0 radical (unpaired) electrons. The molecule has 41 heavy (non-hydrogen) atoms. The predicted molar refractivity (Wildman–Crippen MR) is 153 cm³/mol. The summed E-state index contributed by atoms with van der Waals surface area (Å²) in [5.41, 5.74) is 0. The first kappa shape index (κ1) is 34.8. The van der Waals surface area contributed by atoms with E-state index in [-0.39, 0.29) is 47.6 Å². The van der Waals surface area contributed by atoms with Crippen molar-refractivity contribution in [2.45, 2.75) is 12.8 Å². The van der Waals surface area contributed by atoms with E-state index < -0.39 is 29.7 Å². The number of hydrogen-bond acceptors (Lipinski definition) is 10. The van der Waals surface area contributed by atoms with E-state index in [0.29, 0.717) is 71.7 Å². The van der Waals surface area contributed by atoms with Gasteiger partial charge in [0.2, 0.25) is 5.91 Å². The molecule has 0 saturated carbocycles. The third-order valence-electron chi connectivity index (χ3n) is 6.56. The van der Waals surface area contributed by atoms with Crippen LogP contribution in [0.5, 0.6) is 0 Å². The van der Waals surface area contributed by atoms with Gasteiger partial charge in [-0.3, -0.25) is 53.3 Å². The first-order valence-electron chi connectivity index (χ1n) is 13.1. The zero-order chi connectivity index (χ0) is 30.5. The lowest BCUT2D eigenvalue weighted by molar-refractivity contribution is -0.140. The van der Waals surface area contributed by atoms with Gasteiger partial charge in [0.1, 0.15) is 8.96 Å². The minimum atomic E-state index is -1.03. The lowest BCUT2D eigenvalue weighted by Crippen LogP contribution is -2.49. The van der Waals surface area contributed by atoms with Crippen LogP contribution in [0, 0.1) is 0 Å². The SMILES string of the molecule is O=C(O)CN1CCN(CC(=O)O)CCN(CC(=O)NCCCCN2C(=O)C(Br)=C(Br)C2=O)CCN(CC(=O)O)CC1. The largest absolute Gasteiger partial charge is 0.480 e. The summed E-state index contributed by atoms with van der Waals surface area (Å²) in [6.45, 7) is 2.32. The molecule has 230 valence electrons. The average Bonchev–Trinajstić information content (AvgIpc) is 3.06. The molecule has 0 aromatic heterocycles. The Bertz CT molecular complexity index is 972. The van der Waals surface area contributed by atoms with Crippen LogP contribution in [0.2, 0.25) is 0 Å². The summed E-state index contributed by atoms with van der Waals surface area (Å²) in [7, 11) is 0. The summed E-state index contributed by atoms with van der Waals surface area (Å²) in [6.07, 6.45) is 1.03. The number of carboxylic acid groups (broad SMARTS) is 3. The second kappa shape index (κ2) is 17.5. The van der Waals surface area contributed by atoms with Crippen LogP contribution >= 0.6 is 31.9 Å². The highest BCUT2D eigenvalue weighted by molar-refractivity contribution is 9.14. The minimum absolute atomic E-state index is 0.0138. The quantitative estimate of drug-likeness (QED) is 0.131. The Kier molecular flexibility index (Phi) is 14.8. The Labute approximate surface area is 254 Å². The maximum atomic E-state index is 12.7. The van der Waals surface area contributed by atoms with Gasteiger partial charge in [-0.2, -0.15) is 0 Å². The van der Waals surface area contributed by atoms with Gasteiger partial charge in [-0.1, -0.05) is 0 Å². The zero-order valence-corrected chi connectivity index (χ0v) is 25.8. The number of halogens is 2. The Hall–Kier alpha value is -2.44. The van der Waals surface area contributed by atoms with E-state index in [1.807, 2.05) is 4.90 Å². The molecule has 1 fully saturated rings. The highest BCUT2D eigenvalue weighted by atomic mass is 79.9. The standard InChI is InChI=1S/C24H36Br2N6O9/c25-21-22(26)24(41)32(23(21)40)4-2-1-3-27-17(33)13-28-5-7-29(14-18(34)35)9-11-31(16-20(38)39)12-10-30(8-6-28)15-19(36)37/h1-16H2,(H,27,33)(H,34,35)(H,36,37)(H,38,39). The third kappa shape index (κ3) is 12.5. The fourth-order valence-electron chi connectivity index (χ4n) is 4.39. The van der Waals surface area contributed by atoms with Crippen molar-refractivity contribution in [3.63, 3.8) is 0 Å². The van der Waals surface area contributed by atoms with E-state index in [4.69, 9.17) is 0 Å². The number of nitrogens with one attached hydrogen (secondary N) is 1. The molecule has 1 saturated heterocycles. The molecule has 2 aliphatic heterocycles. The Balaban J connectivity index is 1.93. The van der Waals surface area contributed by atoms with E-state index in [9.17, 15) is 44.1 Å². The van der Waals surface area contributed by atoms with Gasteiger partial charge in [-0.15, -0.1) is 0 Å². The second-order valence-electron chi connectivity index (χ2n) is 9.73. The topological polar surface area (TPSA) is 191 Å². The van der Waals surface area contributed by atoms with E-state index in [0.717, 1.165) is 4.90 Å². The van der Waals surface area contributed by atoms with Gasteiger partial charge in [0.05, 0.1) is 26.2 Å². The molecule has 0 aliphatic carbocycles. The second-order valence-corrected chi connectivity index (χ2v) is 11.3. The molecular weight excluding hydrogens is 676 g/mol. The van der Waals surface area contributed by atoms with Crippen molar-refractivity contribution in [1.29, 1.82) is 0 Å². The highest BCUT2D eigenvalue weighted by Crippen LogP contribution is 2.29. The van der Waals surface area contributed by atoms with Crippen molar-refractivity contribution in [2.75, 3.05) is 91.6 Å². The molecule has 0 aromatic rings. The van der Waals surface area contributed by atoms with E-state index in [1.54, 1.807) is 14.7 Å². The van der Waals surface area contributed by atoms with Gasteiger partial charge >= 0.3 is 17.9 Å². The van der Waals surface area contributed by atoms with Crippen molar-refractivity contribution in [3.05, 3.63) is 8.96 Å². The summed E-state index contributed by atoms with van der Waals surface area (Å²) in [5, 5.41) is 30.7. The number of amides is 3. The van der Waals surface area contributed by atoms with Gasteiger partial charge in [-0.05, 0) is 44.7 Å². The minimum Gasteiger partial charge on any atom is -0.480 e. The molecule has 0 atom stereocenters. The van der Waals surface area contributed by atoms with Crippen molar-refractivity contribution in [1.82, 2.24) is 29.8 Å². The summed E-state index contributed by atoms with van der Waals surface area (Å²) in [4.78, 5) is 78.9. The van der Waals surface area contributed by atoms with Crippen LogP contribution in [0.4, 0.5) is 0 Å². The number of carbonyl (C=O) groups excluding carboxylic acids is 3. The molecule has 2 rings (SSSR count). The van der Waals surface area contributed by atoms with Crippen LogP contribution in [-0.2, 0) is 28.8 Å². The van der Waals surface area contributed by atoms with Crippen LogP contribution in [0.3, 0.4) is 0 Å². The Morgan fingerprint density at radius 3 is 1.29 bits per heavy atom. The first-order valence-corrected chi connectivity index (χ1v) is 14.7. The number of rotatable bonds is 13. The lowest BCUT2D eigenvalue weighted by atomic mass is 10.3. The fraction of sp³-hybridized carbons (Fsp3) is 0.667. The monoisotopic (exact) mass is 710 g/mol. The molecule has 15 nitrogen and oxygen atoms in total. The summed E-state index contributed by atoms with van der Waals surface area (Å²) in [5.74, 6) is -4.16. The normalized spacial score (nSPS) is 19.2. The smallest absolute Gasteiger partial charge is 0.317 e. The number of nitrogens with zero attached hydrogens (tertiary/aromatic N) is 5. The summed E-state index contributed by atoms with van der Waals surface area (Å²) >= 11 is 6.16. The lowest BCUT2D eigenvalue weighted by Gasteiger charge is -2.32. The third-order valence-corrected chi connectivity index (χ3v) is 8.57. The van der Waals surface area contributed by atoms with E-state index >= 15 is 0 Å². The number of carboxylic acids is 3. The van der Waals surface area contributed by atoms with Gasteiger partial charge in [0, 0.05) is 65.4 Å². The van der Waals surface area contributed by atoms with Crippen molar-refractivity contribution >= 4 is 67.5 Å². The van der Waals surface area contributed by atoms with Crippen molar-refractivity contribution in [3.8, 4) is 0 Å². The van der Waals surface area contributed by atoms with Gasteiger partial charge < -0.3 is 20.6 Å². The molecule has 17 heteroatoms. The maximum Gasteiger partial charge on any atom is 0.317 e. The highest BCUT2D eigenvalue weighted by Gasteiger charge is 2.35. The molecule has 2 aliphatic rings.